The molecule has 0 spiro atoms. The maximum Gasteiger partial charge on any atom is 0.226 e. The van der Waals surface area contributed by atoms with Crippen LogP contribution in [0.2, 0.25) is 0 Å². The number of aromatic nitrogens is 2. The molecule has 1 fully saturated rings. The third kappa shape index (κ3) is 6.41. The Bertz CT molecular complexity index is 1270. The van der Waals surface area contributed by atoms with Gasteiger partial charge in [0.15, 0.2) is 11.7 Å². The van der Waals surface area contributed by atoms with Crippen LogP contribution in [0.25, 0.3) is 5.70 Å². The molecule has 1 saturated carbocycles. The second kappa shape index (κ2) is 12.2. The Labute approximate surface area is 231 Å². The van der Waals surface area contributed by atoms with Crippen molar-refractivity contribution >= 4 is 39.2 Å². The lowest BCUT2D eigenvalue weighted by molar-refractivity contribution is 0.510. The molecular weight excluding hydrogens is 520 g/mol. The Kier molecular flexibility index (Phi) is 9.17. The zero-order valence-electron chi connectivity index (χ0n) is 23.2. The maximum absolute atomic E-state index is 12.8. The quantitative estimate of drug-likeness (QED) is 0.447. The number of allylic oxidation sites excluding steroid dienone is 1. The molecule has 1 aromatic heterocycles. The summed E-state index contributed by atoms with van der Waals surface area (Å²) >= 11 is 1.29. The zero-order valence-corrected chi connectivity index (χ0v) is 24.8. The SMILES string of the molecule is CC.CC1C=C(/N=C2/NC(CCNCC3CC3)=CN3C(c4cnn(C)c4)=CCN=C23)SC1S(=O)(=O)N(C)C. The minimum atomic E-state index is -3.42. The fourth-order valence-electron chi connectivity index (χ4n) is 4.37. The molecule has 208 valence electrons. The van der Waals surface area contributed by atoms with Gasteiger partial charge in [0, 0.05) is 63.7 Å². The molecule has 0 radical (unpaired) electrons. The lowest BCUT2D eigenvalue weighted by atomic mass is 10.1. The Morgan fingerprint density at radius 3 is 2.71 bits per heavy atom. The summed E-state index contributed by atoms with van der Waals surface area (Å²) in [5.74, 6) is 2.04. The van der Waals surface area contributed by atoms with Crippen LogP contribution in [0.5, 0.6) is 0 Å². The van der Waals surface area contributed by atoms with E-state index < -0.39 is 14.6 Å². The molecule has 10 nitrogen and oxygen atoms in total. The first kappa shape index (κ1) is 28.6. The first-order valence-corrected chi connectivity index (χ1v) is 15.7. The van der Waals surface area contributed by atoms with Gasteiger partial charge in [0.2, 0.25) is 10.0 Å². The van der Waals surface area contributed by atoms with Crippen LogP contribution in [0.15, 0.2) is 51.5 Å². The van der Waals surface area contributed by atoms with Gasteiger partial charge in [-0.2, -0.15) is 5.10 Å². The minimum absolute atomic E-state index is 0.151. The number of amidine groups is 2. The second-order valence-electron chi connectivity index (χ2n) is 9.84. The molecule has 2 N–H and O–H groups in total. The normalized spacial score (nSPS) is 24.2. The summed E-state index contributed by atoms with van der Waals surface area (Å²) in [5, 5.41) is 12.1. The topological polar surface area (TPSA) is 107 Å². The van der Waals surface area contributed by atoms with Gasteiger partial charge in [-0.1, -0.05) is 32.5 Å². The smallest absolute Gasteiger partial charge is 0.226 e. The van der Waals surface area contributed by atoms with E-state index in [1.807, 2.05) is 46.3 Å². The first-order chi connectivity index (χ1) is 18.2. The molecule has 12 heteroatoms. The summed E-state index contributed by atoms with van der Waals surface area (Å²) < 4.78 is 28.1. The van der Waals surface area contributed by atoms with Gasteiger partial charge in [-0.15, -0.1) is 0 Å². The third-order valence-corrected chi connectivity index (χ3v) is 10.8. The number of hydrogen-bond donors (Lipinski definition) is 2. The average Bonchev–Trinajstić information content (AvgIpc) is 3.50. The van der Waals surface area contributed by atoms with Crippen molar-refractivity contribution in [2.75, 3.05) is 33.7 Å². The molecule has 1 aromatic rings. The van der Waals surface area contributed by atoms with Crippen LogP contribution >= 0.6 is 11.8 Å². The first-order valence-electron chi connectivity index (χ1n) is 13.3. The van der Waals surface area contributed by atoms with Gasteiger partial charge in [0.05, 0.1) is 23.5 Å². The van der Waals surface area contributed by atoms with Crippen molar-refractivity contribution in [1.29, 1.82) is 0 Å². The van der Waals surface area contributed by atoms with E-state index in [0.29, 0.717) is 17.4 Å². The number of fused-ring (bicyclic) bond motifs is 1. The van der Waals surface area contributed by atoms with E-state index in [2.05, 4.69) is 32.9 Å². The van der Waals surface area contributed by atoms with E-state index in [4.69, 9.17) is 9.98 Å². The van der Waals surface area contributed by atoms with Crippen LogP contribution < -0.4 is 10.6 Å². The van der Waals surface area contributed by atoms with Crippen molar-refractivity contribution in [1.82, 2.24) is 29.6 Å². The Morgan fingerprint density at radius 1 is 1.29 bits per heavy atom. The fraction of sp³-hybridized carbons (Fsp3) is 0.577. The van der Waals surface area contributed by atoms with E-state index in [-0.39, 0.29) is 5.92 Å². The third-order valence-electron chi connectivity index (χ3n) is 6.59. The number of nitrogens with zero attached hydrogens (tertiary/aromatic N) is 6. The highest BCUT2D eigenvalue weighted by molar-refractivity contribution is 8.15. The Hall–Kier alpha value is -2.41. The summed E-state index contributed by atoms with van der Waals surface area (Å²) in [7, 11) is 1.64. The highest BCUT2D eigenvalue weighted by Gasteiger charge is 2.38. The molecule has 0 aromatic carbocycles. The summed E-state index contributed by atoms with van der Waals surface area (Å²) in [6, 6.07) is 0. The van der Waals surface area contributed by atoms with Crippen LogP contribution in [0.4, 0.5) is 0 Å². The molecular formula is C26H40N8O2S2. The van der Waals surface area contributed by atoms with Gasteiger partial charge >= 0.3 is 0 Å². The molecule has 0 bridgehead atoms. The van der Waals surface area contributed by atoms with Crippen molar-refractivity contribution in [3.63, 3.8) is 0 Å². The molecule has 3 aliphatic heterocycles. The maximum atomic E-state index is 12.8. The van der Waals surface area contributed by atoms with Gasteiger partial charge < -0.3 is 10.6 Å². The predicted molar refractivity (Wildman–Crippen MR) is 157 cm³/mol. The van der Waals surface area contributed by atoms with E-state index in [1.165, 1.54) is 28.9 Å². The van der Waals surface area contributed by atoms with Crippen molar-refractivity contribution in [2.45, 2.75) is 44.6 Å². The summed E-state index contributed by atoms with van der Waals surface area (Å²) in [6.45, 7) is 8.38. The molecule has 2 atom stereocenters. The highest BCUT2D eigenvalue weighted by Crippen LogP contribution is 2.41. The van der Waals surface area contributed by atoms with Gasteiger partial charge in [0.1, 0.15) is 4.58 Å². The fourth-order valence-corrected chi connectivity index (χ4v) is 7.68. The van der Waals surface area contributed by atoms with Crippen LogP contribution in [-0.4, -0.2) is 77.4 Å². The number of hydrogen-bond acceptors (Lipinski definition) is 8. The van der Waals surface area contributed by atoms with E-state index in [1.54, 1.807) is 18.8 Å². The molecule has 2 unspecified atom stereocenters. The number of aryl methyl sites for hydroxylation is 1. The summed E-state index contributed by atoms with van der Waals surface area (Å²) in [5.41, 5.74) is 3.05. The minimum Gasteiger partial charge on any atom is -0.339 e. The zero-order chi connectivity index (χ0) is 27.4. The monoisotopic (exact) mass is 560 g/mol. The number of nitrogens with one attached hydrogen (secondary N) is 2. The van der Waals surface area contributed by atoms with Gasteiger partial charge in [-0.25, -0.2) is 17.7 Å². The van der Waals surface area contributed by atoms with Crippen molar-refractivity contribution in [3.05, 3.63) is 47.0 Å². The number of thioether (sulfide) groups is 1. The summed E-state index contributed by atoms with van der Waals surface area (Å²) in [6.07, 6.45) is 13.4. The summed E-state index contributed by atoms with van der Waals surface area (Å²) in [4.78, 5) is 11.7. The molecule has 4 heterocycles. The van der Waals surface area contributed by atoms with E-state index in [9.17, 15) is 8.42 Å². The molecule has 4 aliphatic rings. The molecule has 0 saturated heterocycles. The van der Waals surface area contributed by atoms with Crippen LogP contribution in [0.1, 0.15) is 45.6 Å². The van der Waals surface area contributed by atoms with Crippen molar-refractivity contribution in [2.24, 2.45) is 28.9 Å². The number of rotatable bonds is 9. The predicted octanol–water partition coefficient (Wildman–Crippen LogP) is 3.18. The molecule has 1 aliphatic carbocycles. The van der Waals surface area contributed by atoms with Crippen LogP contribution in [0, 0.1) is 11.8 Å². The second-order valence-corrected chi connectivity index (χ2v) is 13.6. The number of aliphatic imine (C=N–C) groups is 2. The van der Waals surface area contributed by atoms with E-state index in [0.717, 1.165) is 48.2 Å². The van der Waals surface area contributed by atoms with Crippen molar-refractivity contribution < 1.29 is 8.42 Å². The molecule has 38 heavy (non-hydrogen) atoms. The number of sulfonamides is 1. The van der Waals surface area contributed by atoms with Gasteiger partial charge in [0.25, 0.3) is 0 Å². The average molecular weight is 561 g/mol. The lowest BCUT2D eigenvalue weighted by Crippen LogP contribution is -2.46. The van der Waals surface area contributed by atoms with Crippen LogP contribution in [-0.2, 0) is 17.1 Å². The standard InChI is InChI=1S/C24H34N8O2S2.C2H6/c1-16-11-21(35-24(16)36(33,34)30(2)3)29-22-23-26-10-8-20(18-13-27-31(4)14-18)32(23)15-19(28-22)7-9-25-12-17-5-6-17;1-2/h8,11,13-17,24-25H,5-7,9-10,12H2,1-4H3,(H,28,29);1-2H3. The largest absolute Gasteiger partial charge is 0.339 e. The Morgan fingerprint density at radius 2 is 2.05 bits per heavy atom. The van der Waals surface area contributed by atoms with E-state index >= 15 is 0 Å². The molecule has 5 rings (SSSR count). The van der Waals surface area contributed by atoms with Crippen molar-refractivity contribution in [3.8, 4) is 0 Å². The lowest BCUT2D eigenvalue weighted by Gasteiger charge is -2.33. The van der Waals surface area contributed by atoms with Gasteiger partial charge in [-0.3, -0.25) is 14.6 Å². The van der Waals surface area contributed by atoms with Crippen LogP contribution in [0.3, 0.4) is 0 Å². The highest BCUT2D eigenvalue weighted by atomic mass is 32.3. The molecule has 0 amide bonds. The Balaban J connectivity index is 0.00000164. The van der Waals surface area contributed by atoms with Gasteiger partial charge in [-0.05, 0) is 37.5 Å².